The second kappa shape index (κ2) is 6.96. The van der Waals surface area contributed by atoms with Gasteiger partial charge in [0.15, 0.2) is 6.04 Å². The molecule has 0 spiro atoms. The molecular weight excluding hydrogens is 290 g/mol. The number of hydrogen-bond acceptors (Lipinski definition) is 5. The Morgan fingerprint density at radius 1 is 1.33 bits per heavy atom. The highest BCUT2D eigenvalue weighted by molar-refractivity contribution is 7.09. The van der Waals surface area contributed by atoms with Crippen LogP contribution in [0, 0.1) is 0 Å². The molecule has 2 aromatic rings. The average molecular weight is 305 g/mol. The Hall–Kier alpha value is -2.25. The van der Waals surface area contributed by atoms with Crippen LogP contribution in [0.1, 0.15) is 27.1 Å². The number of carbonyl (C=O) groups excluding carboxylic acids is 1. The fraction of sp³-hybridized carbons (Fsp3) is 0.214. The Balaban J connectivity index is 2.13. The summed E-state index contributed by atoms with van der Waals surface area (Å²) < 4.78 is 0. The van der Waals surface area contributed by atoms with Gasteiger partial charge in [-0.05, 0) is 12.1 Å². The molecule has 0 radical (unpaired) electrons. The van der Waals surface area contributed by atoms with Gasteiger partial charge in [0.05, 0.1) is 5.01 Å². The van der Waals surface area contributed by atoms with Crippen LogP contribution in [0.25, 0.3) is 0 Å². The van der Waals surface area contributed by atoms with Crippen molar-refractivity contribution in [1.82, 2.24) is 10.3 Å². The van der Waals surface area contributed by atoms with Gasteiger partial charge in [-0.2, -0.15) is 0 Å². The summed E-state index contributed by atoms with van der Waals surface area (Å²) in [5, 5.41) is 14.1. The van der Waals surface area contributed by atoms with Crippen molar-refractivity contribution >= 4 is 23.2 Å². The third-order valence-corrected chi connectivity index (χ3v) is 3.71. The van der Waals surface area contributed by atoms with Crippen LogP contribution < -0.4 is 11.1 Å². The van der Waals surface area contributed by atoms with Gasteiger partial charge in [-0.3, -0.25) is 4.79 Å². The van der Waals surface area contributed by atoms with Crippen molar-refractivity contribution < 1.29 is 14.7 Å². The van der Waals surface area contributed by atoms with Crippen molar-refractivity contribution in [2.24, 2.45) is 5.73 Å². The van der Waals surface area contributed by atoms with Gasteiger partial charge in [-0.1, -0.05) is 30.3 Å². The first-order valence-corrected chi connectivity index (χ1v) is 7.23. The van der Waals surface area contributed by atoms with Gasteiger partial charge in [0.25, 0.3) is 5.91 Å². The number of hydrogen-bond donors (Lipinski definition) is 3. The van der Waals surface area contributed by atoms with E-state index in [-0.39, 0.29) is 5.69 Å². The number of nitrogens with one attached hydrogen (secondary N) is 1. The summed E-state index contributed by atoms with van der Waals surface area (Å²) in [6, 6.07) is 7.43. The van der Waals surface area contributed by atoms with E-state index in [1.807, 2.05) is 0 Å². The number of nitrogens with two attached hydrogens (primary N) is 1. The van der Waals surface area contributed by atoms with Gasteiger partial charge in [0.1, 0.15) is 5.69 Å². The van der Waals surface area contributed by atoms with E-state index in [2.05, 4.69) is 10.3 Å². The molecule has 0 aliphatic rings. The lowest BCUT2D eigenvalue weighted by atomic mass is 10.1. The van der Waals surface area contributed by atoms with Gasteiger partial charge in [0.2, 0.25) is 0 Å². The van der Waals surface area contributed by atoms with Crippen LogP contribution in [-0.4, -0.2) is 28.5 Å². The van der Waals surface area contributed by atoms with Crippen LogP contribution >= 0.6 is 11.3 Å². The van der Waals surface area contributed by atoms with E-state index >= 15 is 0 Å². The molecular formula is C14H15N3O3S. The molecule has 21 heavy (non-hydrogen) atoms. The summed E-state index contributed by atoms with van der Waals surface area (Å²) in [6.07, 6.45) is 0.596. The van der Waals surface area contributed by atoms with E-state index in [4.69, 9.17) is 5.73 Å². The number of nitrogens with zero attached hydrogens (tertiary/aromatic N) is 1. The molecule has 0 unspecified atom stereocenters. The average Bonchev–Trinajstić information content (AvgIpc) is 2.94. The number of amides is 1. The topological polar surface area (TPSA) is 105 Å². The van der Waals surface area contributed by atoms with Crippen molar-refractivity contribution in [2.75, 3.05) is 6.54 Å². The normalized spacial score (nSPS) is 11.9. The number of thiazole rings is 1. The zero-order valence-electron chi connectivity index (χ0n) is 11.2. The van der Waals surface area contributed by atoms with Crippen LogP contribution in [0.3, 0.4) is 0 Å². The zero-order valence-corrected chi connectivity index (χ0v) is 12.0. The van der Waals surface area contributed by atoms with Gasteiger partial charge < -0.3 is 16.2 Å². The van der Waals surface area contributed by atoms with Crippen molar-refractivity contribution in [3.63, 3.8) is 0 Å². The highest BCUT2D eigenvalue weighted by Gasteiger charge is 2.23. The molecule has 1 amide bonds. The molecule has 0 aliphatic carbocycles. The fourth-order valence-corrected chi connectivity index (χ4v) is 2.59. The predicted octanol–water partition coefficient (Wildman–Crippen LogP) is 1.20. The molecule has 0 bridgehead atoms. The third-order valence-electron chi connectivity index (χ3n) is 2.80. The van der Waals surface area contributed by atoms with E-state index in [1.165, 1.54) is 11.3 Å². The monoisotopic (exact) mass is 305 g/mol. The quantitative estimate of drug-likeness (QED) is 0.743. The Labute approximate surface area is 125 Å². The summed E-state index contributed by atoms with van der Waals surface area (Å²) in [7, 11) is 0. The molecule has 1 heterocycles. The van der Waals surface area contributed by atoms with Gasteiger partial charge in [0, 0.05) is 11.8 Å². The lowest BCUT2D eigenvalue weighted by Crippen LogP contribution is -2.33. The van der Waals surface area contributed by atoms with Gasteiger partial charge >= 0.3 is 5.97 Å². The Morgan fingerprint density at radius 3 is 2.67 bits per heavy atom. The standard InChI is InChI=1S/C14H15N3O3S/c15-7-6-11-16-10(8-21-11)13(18)17-12(14(19)20)9-4-2-1-3-5-9/h1-5,8,12H,6-7,15H2,(H,17,18)(H,19,20)/t12-/m1/s1. The second-order valence-corrected chi connectivity index (χ2v) is 5.26. The minimum atomic E-state index is -1.12. The molecule has 0 saturated carbocycles. The van der Waals surface area contributed by atoms with Crippen LogP contribution in [-0.2, 0) is 11.2 Å². The molecule has 1 aromatic carbocycles. The Bertz CT molecular complexity index is 627. The molecule has 7 heteroatoms. The maximum Gasteiger partial charge on any atom is 0.330 e. The SMILES string of the molecule is NCCc1nc(C(=O)N[C@@H](C(=O)O)c2ccccc2)cs1. The van der Waals surface area contributed by atoms with Gasteiger partial charge in [-0.15, -0.1) is 11.3 Å². The first kappa shape index (κ1) is 15.1. The van der Waals surface area contributed by atoms with Crippen molar-refractivity contribution in [2.45, 2.75) is 12.5 Å². The second-order valence-electron chi connectivity index (χ2n) is 4.32. The molecule has 110 valence electrons. The number of aliphatic carboxylic acids is 1. The first-order chi connectivity index (χ1) is 10.1. The zero-order chi connectivity index (χ0) is 15.2. The summed E-state index contributed by atoms with van der Waals surface area (Å²) in [5.74, 6) is -1.63. The first-order valence-electron chi connectivity index (χ1n) is 6.35. The third kappa shape index (κ3) is 3.87. The Kier molecular flexibility index (Phi) is 5.02. The van der Waals surface area contributed by atoms with E-state index in [1.54, 1.807) is 35.7 Å². The number of carboxylic acids is 1. The van der Waals surface area contributed by atoms with E-state index < -0.39 is 17.9 Å². The predicted molar refractivity (Wildman–Crippen MR) is 79.2 cm³/mol. The Morgan fingerprint density at radius 2 is 2.05 bits per heavy atom. The van der Waals surface area contributed by atoms with E-state index in [0.717, 1.165) is 5.01 Å². The maximum atomic E-state index is 12.1. The molecule has 4 N–H and O–H groups in total. The molecule has 0 aliphatic heterocycles. The van der Waals surface area contributed by atoms with Crippen LogP contribution in [0.5, 0.6) is 0 Å². The molecule has 1 atom stereocenters. The molecule has 0 fully saturated rings. The summed E-state index contributed by atoms with van der Waals surface area (Å²) in [5.41, 5.74) is 6.15. The van der Waals surface area contributed by atoms with Crippen molar-refractivity contribution in [1.29, 1.82) is 0 Å². The molecule has 6 nitrogen and oxygen atoms in total. The maximum absolute atomic E-state index is 12.1. The van der Waals surface area contributed by atoms with Crippen LogP contribution in [0.2, 0.25) is 0 Å². The van der Waals surface area contributed by atoms with Crippen LogP contribution in [0.4, 0.5) is 0 Å². The minimum absolute atomic E-state index is 0.214. The van der Waals surface area contributed by atoms with E-state index in [9.17, 15) is 14.7 Å². The van der Waals surface area contributed by atoms with E-state index in [0.29, 0.717) is 18.5 Å². The lowest BCUT2D eigenvalue weighted by molar-refractivity contribution is -0.139. The number of aromatic nitrogens is 1. The van der Waals surface area contributed by atoms with Crippen molar-refractivity contribution in [3.8, 4) is 0 Å². The number of carbonyl (C=O) groups is 2. The molecule has 2 rings (SSSR count). The highest BCUT2D eigenvalue weighted by atomic mass is 32.1. The lowest BCUT2D eigenvalue weighted by Gasteiger charge is -2.13. The van der Waals surface area contributed by atoms with Gasteiger partial charge in [-0.25, -0.2) is 9.78 Å². The number of benzene rings is 1. The summed E-state index contributed by atoms with van der Waals surface area (Å²) >= 11 is 1.33. The van der Waals surface area contributed by atoms with Crippen LogP contribution in [0.15, 0.2) is 35.7 Å². The molecule has 1 aromatic heterocycles. The summed E-state index contributed by atoms with van der Waals surface area (Å²) in [6.45, 7) is 0.455. The number of carboxylic acid groups (broad SMARTS) is 1. The smallest absolute Gasteiger partial charge is 0.330 e. The highest BCUT2D eigenvalue weighted by Crippen LogP contribution is 2.15. The minimum Gasteiger partial charge on any atom is -0.479 e. The summed E-state index contributed by atoms with van der Waals surface area (Å²) in [4.78, 5) is 27.6. The largest absolute Gasteiger partial charge is 0.479 e. The number of rotatable bonds is 6. The fourth-order valence-electron chi connectivity index (χ4n) is 1.79. The molecule has 0 saturated heterocycles. The van der Waals surface area contributed by atoms with Crippen molar-refractivity contribution in [3.05, 3.63) is 52.0 Å².